The van der Waals surface area contributed by atoms with Gasteiger partial charge in [0.15, 0.2) is 0 Å². The Kier molecular flexibility index (Phi) is 6.94. The maximum Gasteiger partial charge on any atom is 0.243 e. The van der Waals surface area contributed by atoms with Crippen molar-refractivity contribution in [3.05, 3.63) is 69.7 Å². The number of para-hydroxylation sites is 1. The maximum atomic E-state index is 14.7. The van der Waals surface area contributed by atoms with Crippen molar-refractivity contribution in [1.82, 2.24) is 24.8 Å². The SMILES string of the molecule is Cc1cc(F)ccc1-c1nc(NCCCN2CCCC2=O)nc2c1CNC[N+]2([O-])c1c(C)cccc1C. The van der Waals surface area contributed by atoms with Crippen molar-refractivity contribution in [3.63, 3.8) is 0 Å². The number of nitrogens with one attached hydrogen (secondary N) is 2. The number of carbonyl (C=O) groups excluding carboxylic acids is 1. The summed E-state index contributed by atoms with van der Waals surface area (Å²) in [6.07, 6.45) is 2.28. The van der Waals surface area contributed by atoms with E-state index in [4.69, 9.17) is 9.97 Å². The lowest BCUT2D eigenvalue weighted by Gasteiger charge is -2.45. The monoisotopic (exact) mass is 504 g/mol. The van der Waals surface area contributed by atoms with Gasteiger partial charge in [0.05, 0.1) is 11.3 Å². The number of halogens is 1. The molecule has 1 saturated heterocycles. The van der Waals surface area contributed by atoms with Crippen LogP contribution in [0.15, 0.2) is 36.4 Å². The standard InChI is InChI=1S/C28H33FN6O2/c1-18-7-4-8-19(2)26(18)35(37)17-30-16-23-25(22-11-10-21(29)15-20(22)3)32-28(33-27(23)35)31-12-6-14-34-13-5-9-24(34)36/h4,7-8,10-11,15,30H,5-6,9,12-14,16-17H2,1-3H3,(H,31,32,33). The molecule has 8 nitrogen and oxygen atoms in total. The van der Waals surface area contributed by atoms with Crippen molar-refractivity contribution in [3.8, 4) is 11.3 Å². The zero-order valence-electron chi connectivity index (χ0n) is 21.6. The van der Waals surface area contributed by atoms with Gasteiger partial charge in [0.25, 0.3) is 0 Å². The van der Waals surface area contributed by atoms with Gasteiger partial charge in [0.1, 0.15) is 18.2 Å². The van der Waals surface area contributed by atoms with Crippen LogP contribution in [0.1, 0.15) is 41.5 Å². The molecule has 3 heterocycles. The molecule has 2 aliphatic rings. The second kappa shape index (κ2) is 10.2. The lowest BCUT2D eigenvalue weighted by atomic mass is 9.99. The number of nitrogens with zero attached hydrogens (tertiary/aromatic N) is 4. The molecule has 1 atom stereocenters. The van der Waals surface area contributed by atoms with E-state index in [-0.39, 0.29) is 18.4 Å². The highest BCUT2D eigenvalue weighted by atomic mass is 19.1. The van der Waals surface area contributed by atoms with Crippen molar-refractivity contribution in [2.24, 2.45) is 0 Å². The van der Waals surface area contributed by atoms with Crippen molar-refractivity contribution in [2.45, 2.75) is 46.6 Å². The molecule has 0 spiro atoms. The lowest BCUT2D eigenvalue weighted by molar-refractivity contribution is -0.127. The van der Waals surface area contributed by atoms with Gasteiger partial charge in [0.2, 0.25) is 17.7 Å². The molecule has 194 valence electrons. The summed E-state index contributed by atoms with van der Waals surface area (Å²) in [4.78, 5) is 23.4. The zero-order valence-corrected chi connectivity index (χ0v) is 21.6. The fourth-order valence-electron chi connectivity index (χ4n) is 5.51. The van der Waals surface area contributed by atoms with E-state index >= 15 is 0 Å². The van der Waals surface area contributed by atoms with Crippen molar-refractivity contribution in [2.75, 3.05) is 31.6 Å². The Morgan fingerprint density at radius 2 is 1.92 bits per heavy atom. The van der Waals surface area contributed by atoms with Gasteiger partial charge in [-0.3, -0.25) is 14.8 Å². The molecular formula is C28H33FN6O2. The normalized spacial score (nSPS) is 19.3. The number of fused-ring (bicyclic) bond motifs is 1. The Hall–Kier alpha value is -3.40. The Labute approximate surface area is 216 Å². The van der Waals surface area contributed by atoms with E-state index in [1.54, 1.807) is 6.07 Å². The highest BCUT2D eigenvalue weighted by Gasteiger charge is 2.37. The Morgan fingerprint density at radius 1 is 1.14 bits per heavy atom. The van der Waals surface area contributed by atoms with E-state index in [0.717, 1.165) is 41.6 Å². The van der Waals surface area contributed by atoms with Crippen LogP contribution in [0.25, 0.3) is 11.3 Å². The summed E-state index contributed by atoms with van der Waals surface area (Å²) in [5.41, 5.74) is 5.29. The molecule has 0 aliphatic carbocycles. The summed E-state index contributed by atoms with van der Waals surface area (Å²) < 4.78 is 13.2. The number of hydroxylamine groups is 1. The van der Waals surface area contributed by atoms with Gasteiger partial charge >= 0.3 is 0 Å². The van der Waals surface area contributed by atoms with Gasteiger partial charge in [-0.2, -0.15) is 4.98 Å². The first-order valence-corrected chi connectivity index (χ1v) is 12.8. The van der Waals surface area contributed by atoms with E-state index in [9.17, 15) is 14.4 Å². The fourth-order valence-corrected chi connectivity index (χ4v) is 5.51. The first-order valence-electron chi connectivity index (χ1n) is 12.8. The number of aryl methyl sites for hydroxylation is 3. The van der Waals surface area contributed by atoms with E-state index in [2.05, 4.69) is 10.6 Å². The van der Waals surface area contributed by atoms with Crippen LogP contribution in [0.3, 0.4) is 0 Å². The maximum absolute atomic E-state index is 14.7. The molecule has 9 heteroatoms. The molecule has 0 bridgehead atoms. The second-order valence-electron chi connectivity index (χ2n) is 9.99. The van der Waals surface area contributed by atoms with Gasteiger partial charge in [-0.1, -0.05) is 18.2 Å². The summed E-state index contributed by atoms with van der Waals surface area (Å²) in [6, 6.07) is 10.4. The van der Waals surface area contributed by atoms with E-state index < -0.39 is 4.65 Å². The van der Waals surface area contributed by atoms with Crippen LogP contribution in [0.5, 0.6) is 0 Å². The van der Waals surface area contributed by atoms with E-state index in [0.29, 0.717) is 54.8 Å². The minimum atomic E-state index is -0.749. The molecule has 2 aliphatic heterocycles. The molecular weight excluding hydrogens is 471 g/mol. The van der Waals surface area contributed by atoms with Crippen LogP contribution in [-0.4, -0.2) is 47.1 Å². The lowest BCUT2D eigenvalue weighted by Crippen LogP contribution is -2.50. The average molecular weight is 505 g/mol. The molecule has 5 rings (SSSR count). The quantitative estimate of drug-likeness (QED) is 0.272. The summed E-state index contributed by atoms with van der Waals surface area (Å²) in [6.45, 7) is 8.36. The van der Waals surface area contributed by atoms with Crippen LogP contribution in [0.4, 0.5) is 21.8 Å². The number of hydrogen-bond acceptors (Lipinski definition) is 6. The summed E-state index contributed by atoms with van der Waals surface area (Å²) >= 11 is 0. The number of anilines is 1. The van der Waals surface area contributed by atoms with Gasteiger partial charge in [-0.15, -0.1) is 0 Å². The third-order valence-electron chi connectivity index (χ3n) is 7.27. The third kappa shape index (κ3) is 4.82. The van der Waals surface area contributed by atoms with Crippen molar-refractivity contribution in [1.29, 1.82) is 0 Å². The molecule has 2 N–H and O–H groups in total. The highest BCUT2D eigenvalue weighted by molar-refractivity contribution is 5.78. The summed E-state index contributed by atoms with van der Waals surface area (Å²) in [5, 5.41) is 21.2. The van der Waals surface area contributed by atoms with Crippen LogP contribution in [0.2, 0.25) is 0 Å². The highest BCUT2D eigenvalue weighted by Crippen LogP contribution is 2.43. The molecule has 1 unspecified atom stereocenters. The molecule has 3 aromatic rings. The number of quaternary nitrogens is 1. The Balaban J connectivity index is 1.56. The van der Waals surface area contributed by atoms with Gasteiger partial charge in [-0.05, 0) is 57.4 Å². The second-order valence-corrected chi connectivity index (χ2v) is 9.99. The van der Waals surface area contributed by atoms with Crippen LogP contribution < -0.4 is 15.3 Å². The number of carbonyl (C=O) groups is 1. The van der Waals surface area contributed by atoms with Gasteiger partial charge in [0, 0.05) is 49.3 Å². The van der Waals surface area contributed by atoms with Crippen LogP contribution in [0, 0.1) is 31.8 Å². The van der Waals surface area contributed by atoms with E-state index in [1.807, 2.05) is 43.9 Å². The topological polar surface area (TPSA) is 93.2 Å². The molecule has 1 aromatic heterocycles. The number of rotatable bonds is 7. The number of amides is 1. The Bertz CT molecular complexity index is 1330. The first-order chi connectivity index (χ1) is 17.8. The smallest absolute Gasteiger partial charge is 0.243 e. The van der Waals surface area contributed by atoms with Crippen LogP contribution >= 0.6 is 0 Å². The molecule has 0 radical (unpaired) electrons. The summed E-state index contributed by atoms with van der Waals surface area (Å²) in [5.74, 6) is 0.633. The molecule has 1 amide bonds. The Morgan fingerprint density at radius 3 is 2.62 bits per heavy atom. The average Bonchev–Trinajstić information content (AvgIpc) is 3.26. The van der Waals surface area contributed by atoms with Gasteiger partial charge < -0.3 is 15.4 Å². The molecule has 37 heavy (non-hydrogen) atoms. The van der Waals surface area contributed by atoms with Crippen molar-refractivity contribution < 1.29 is 9.18 Å². The molecule has 1 fully saturated rings. The fraction of sp³-hybridized carbons (Fsp3) is 0.393. The predicted octanol–water partition coefficient (Wildman–Crippen LogP) is 4.83. The number of hydrogen-bond donors (Lipinski definition) is 2. The van der Waals surface area contributed by atoms with Crippen LogP contribution in [-0.2, 0) is 11.3 Å². The zero-order chi connectivity index (χ0) is 26.2. The molecule has 0 saturated carbocycles. The number of benzene rings is 2. The van der Waals surface area contributed by atoms with E-state index in [1.165, 1.54) is 12.1 Å². The summed E-state index contributed by atoms with van der Waals surface area (Å²) in [7, 11) is 0. The molecule has 2 aromatic carbocycles. The largest absolute Gasteiger partial charge is 0.620 e. The minimum absolute atomic E-state index is 0.147. The van der Waals surface area contributed by atoms with Gasteiger partial charge in [-0.25, -0.2) is 9.37 Å². The first kappa shape index (κ1) is 25.3. The van der Waals surface area contributed by atoms with Crippen molar-refractivity contribution >= 4 is 23.4 Å². The third-order valence-corrected chi connectivity index (χ3v) is 7.27. The number of aromatic nitrogens is 2. The number of likely N-dealkylation sites (tertiary alicyclic amines) is 1. The predicted molar refractivity (Wildman–Crippen MR) is 144 cm³/mol. The minimum Gasteiger partial charge on any atom is -0.620 e.